The zero-order valence-corrected chi connectivity index (χ0v) is 13.8. The molecule has 0 aromatic heterocycles. The summed E-state index contributed by atoms with van der Waals surface area (Å²) in [7, 11) is 0. The van der Waals surface area contributed by atoms with E-state index in [9.17, 15) is 9.90 Å². The largest absolute Gasteiger partial charge is 0.444 e. The number of amides is 1. The standard InChI is InChI=1S/C18H27NO3/c1-17(2,3)22-16(20)19-15(14-10-6-4-7-11-14)18(21)12-8-5-9-13-18/h4,6-7,10-11,15,21H,5,8-9,12-13H2,1-3H3,(H,19,20)/t15-/m0/s1. The van der Waals surface area contributed by atoms with Crippen molar-refractivity contribution < 1.29 is 14.6 Å². The van der Waals surface area contributed by atoms with Crippen LogP contribution in [0.5, 0.6) is 0 Å². The summed E-state index contributed by atoms with van der Waals surface area (Å²) in [6.45, 7) is 5.50. The van der Waals surface area contributed by atoms with E-state index in [4.69, 9.17) is 4.74 Å². The van der Waals surface area contributed by atoms with E-state index in [2.05, 4.69) is 5.32 Å². The van der Waals surface area contributed by atoms with E-state index in [1.54, 1.807) is 0 Å². The van der Waals surface area contributed by atoms with E-state index in [0.717, 1.165) is 24.8 Å². The minimum Gasteiger partial charge on any atom is -0.444 e. The molecule has 1 aromatic rings. The van der Waals surface area contributed by atoms with Gasteiger partial charge >= 0.3 is 6.09 Å². The van der Waals surface area contributed by atoms with E-state index in [1.165, 1.54) is 0 Å². The number of carbonyl (C=O) groups is 1. The van der Waals surface area contributed by atoms with Gasteiger partial charge in [-0.1, -0.05) is 49.6 Å². The molecule has 0 saturated heterocycles. The molecular formula is C18H27NO3. The van der Waals surface area contributed by atoms with E-state index < -0.39 is 23.3 Å². The Balaban J connectivity index is 2.20. The summed E-state index contributed by atoms with van der Waals surface area (Å²) in [4.78, 5) is 12.2. The monoisotopic (exact) mass is 305 g/mol. The molecule has 2 rings (SSSR count). The summed E-state index contributed by atoms with van der Waals surface area (Å²) in [6, 6.07) is 9.21. The topological polar surface area (TPSA) is 58.6 Å². The molecule has 0 radical (unpaired) electrons. The summed E-state index contributed by atoms with van der Waals surface area (Å²) in [5, 5.41) is 14.0. The number of nitrogens with one attached hydrogen (secondary N) is 1. The lowest BCUT2D eigenvalue weighted by atomic mass is 9.77. The number of alkyl carbamates (subject to hydrolysis) is 1. The van der Waals surface area contributed by atoms with E-state index in [-0.39, 0.29) is 0 Å². The van der Waals surface area contributed by atoms with Crippen LogP contribution in [0.15, 0.2) is 30.3 Å². The molecule has 1 aliphatic rings. The number of carbonyl (C=O) groups excluding carboxylic acids is 1. The van der Waals surface area contributed by atoms with Crippen molar-refractivity contribution in [3.63, 3.8) is 0 Å². The third-order valence-corrected chi connectivity index (χ3v) is 4.05. The molecular weight excluding hydrogens is 278 g/mol. The second-order valence-electron chi connectivity index (χ2n) is 7.15. The molecule has 1 aromatic carbocycles. The van der Waals surface area contributed by atoms with Gasteiger partial charge in [0.1, 0.15) is 5.60 Å². The van der Waals surface area contributed by atoms with Crippen LogP contribution in [0.2, 0.25) is 0 Å². The first-order valence-electron chi connectivity index (χ1n) is 8.07. The third-order valence-electron chi connectivity index (χ3n) is 4.05. The molecule has 0 spiro atoms. The molecule has 1 atom stereocenters. The molecule has 2 N–H and O–H groups in total. The van der Waals surface area contributed by atoms with Gasteiger partial charge < -0.3 is 15.2 Å². The lowest BCUT2D eigenvalue weighted by Crippen LogP contribution is -2.48. The molecule has 0 heterocycles. The van der Waals surface area contributed by atoms with Gasteiger partial charge in [-0.25, -0.2) is 4.79 Å². The fourth-order valence-electron chi connectivity index (χ4n) is 3.05. The highest BCUT2D eigenvalue weighted by Gasteiger charge is 2.40. The first kappa shape index (κ1) is 16.8. The molecule has 1 aliphatic carbocycles. The smallest absolute Gasteiger partial charge is 0.408 e. The molecule has 0 aliphatic heterocycles. The predicted molar refractivity (Wildman–Crippen MR) is 86.6 cm³/mol. The number of hydrogen-bond donors (Lipinski definition) is 2. The van der Waals surface area contributed by atoms with Crippen molar-refractivity contribution in [2.75, 3.05) is 0 Å². The summed E-state index contributed by atoms with van der Waals surface area (Å²) < 4.78 is 5.36. The van der Waals surface area contributed by atoms with Crippen LogP contribution in [0.25, 0.3) is 0 Å². The Kier molecular flexibility index (Phi) is 5.12. The number of benzene rings is 1. The van der Waals surface area contributed by atoms with Crippen LogP contribution in [0.1, 0.15) is 64.5 Å². The van der Waals surface area contributed by atoms with Crippen molar-refractivity contribution in [2.45, 2.75) is 70.1 Å². The first-order valence-corrected chi connectivity index (χ1v) is 8.07. The lowest BCUT2D eigenvalue weighted by molar-refractivity contribution is -0.0355. The van der Waals surface area contributed by atoms with E-state index in [1.807, 2.05) is 51.1 Å². The maximum Gasteiger partial charge on any atom is 0.408 e. The van der Waals surface area contributed by atoms with Crippen molar-refractivity contribution >= 4 is 6.09 Å². The van der Waals surface area contributed by atoms with Crippen LogP contribution in [0.3, 0.4) is 0 Å². The van der Waals surface area contributed by atoms with Crippen molar-refractivity contribution in [3.05, 3.63) is 35.9 Å². The van der Waals surface area contributed by atoms with Gasteiger partial charge in [0.25, 0.3) is 0 Å². The molecule has 1 amide bonds. The normalized spacial score (nSPS) is 19.3. The zero-order valence-electron chi connectivity index (χ0n) is 13.8. The second-order valence-corrected chi connectivity index (χ2v) is 7.15. The predicted octanol–water partition coefficient (Wildman–Crippen LogP) is 3.95. The van der Waals surface area contributed by atoms with E-state index in [0.29, 0.717) is 12.8 Å². The molecule has 0 unspecified atom stereocenters. The molecule has 0 bridgehead atoms. The fraction of sp³-hybridized carbons (Fsp3) is 0.611. The Hall–Kier alpha value is -1.55. The van der Waals surface area contributed by atoms with Crippen molar-refractivity contribution in [1.29, 1.82) is 0 Å². The minimum absolute atomic E-state index is 0.441. The van der Waals surface area contributed by atoms with Gasteiger partial charge in [0.2, 0.25) is 0 Å². The summed E-state index contributed by atoms with van der Waals surface area (Å²) in [6.07, 6.45) is 4.01. The van der Waals surface area contributed by atoms with Gasteiger partial charge in [-0.3, -0.25) is 0 Å². The van der Waals surface area contributed by atoms with E-state index >= 15 is 0 Å². The summed E-state index contributed by atoms with van der Waals surface area (Å²) in [5.41, 5.74) is -0.547. The first-order chi connectivity index (χ1) is 10.3. The van der Waals surface area contributed by atoms with Gasteiger partial charge in [-0.2, -0.15) is 0 Å². The van der Waals surface area contributed by atoms with Gasteiger partial charge in [0.05, 0.1) is 11.6 Å². The highest BCUT2D eigenvalue weighted by atomic mass is 16.6. The molecule has 4 heteroatoms. The molecule has 1 fully saturated rings. The second kappa shape index (κ2) is 6.69. The molecule has 22 heavy (non-hydrogen) atoms. The highest BCUT2D eigenvalue weighted by molar-refractivity contribution is 5.68. The van der Waals surface area contributed by atoms with Crippen LogP contribution < -0.4 is 5.32 Å². The number of aliphatic hydroxyl groups is 1. The minimum atomic E-state index is -0.906. The Morgan fingerprint density at radius 3 is 2.32 bits per heavy atom. The Morgan fingerprint density at radius 2 is 1.77 bits per heavy atom. The van der Waals surface area contributed by atoms with Crippen molar-refractivity contribution in [2.24, 2.45) is 0 Å². The highest BCUT2D eigenvalue weighted by Crippen LogP contribution is 2.38. The third kappa shape index (κ3) is 4.47. The van der Waals surface area contributed by atoms with Crippen LogP contribution >= 0.6 is 0 Å². The summed E-state index contributed by atoms with van der Waals surface area (Å²) >= 11 is 0. The average molecular weight is 305 g/mol. The average Bonchev–Trinajstić information content (AvgIpc) is 2.44. The summed E-state index contributed by atoms with van der Waals surface area (Å²) in [5.74, 6) is 0. The van der Waals surface area contributed by atoms with Crippen LogP contribution in [0, 0.1) is 0 Å². The lowest BCUT2D eigenvalue weighted by Gasteiger charge is -2.40. The number of rotatable bonds is 3. The number of hydrogen-bond acceptors (Lipinski definition) is 3. The molecule has 1 saturated carbocycles. The van der Waals surface area contributed by atoms with Gasteiger partial charge in [0.15, 0.2) is 0 Å². The Morgan fingerprint density at radius 1 is 1.18 bits per heavy atom. The maximum atomic E-state index is 12.2. The Bertz CT molecular complexity index is 487. The fourth-order valence-corrected chi connectivity index (χ4v) is 3.05. The van der Waals surface area contributed by atoms with Gasteiger partial charge in [0, 0.05) is 0 Å². The van der Waals surface area contributed by atoms with Crippen LogP contribution in [-0.4, -0.2) is 22.4 Å². The Labute approximate surface area is 132 Å². The van der Waals surface area contributed by atoms with Gasteiger partial charge in [-0.15, -0.1) is 0 Å². The quantitative estimate of drug-likeness (QED) is 0.889. The molecule has 122 valence electrons. The van der Waals surface area contributed by atoms with Crippen LogP contribution in [0.4, 0.5) is 4.79 Å². The van der Waals surface area contributed by atoms with Crippen molar-refractivity contribution in [3.8, 4) is 0 Å². The maximum absolute atomic E-state index is 12.2. The number of ether oxygens (including phenoxy) is 1. The SMILES string of the molecule is CC(C)(C)OC(=O)N[C@@H](c1ccccc1)C1(O)CCCCC1. The molecule has 4 nitrogen and oxygen atoms in total. The van der Waals surface area contributed by atoms with Gasteiger partial charge in [-0.05, 0) is 39.2 Å². The van der Waals surface area contributed by atoms with Crippen molar-refractivity contribution in [1.82, 2.24) is 5.32 Å². The van der Waals surface area contributed by atoms with Crippen LogP contribution in [-0.2, 0) is 4.74 Å². The zero-order chi connectivity index (χ0) is 16.2.